The third-order valence-electron chi connectivity index (χ3n) is 4.56. The summed E-state index contributed by atoms with van der Waals surface area (Å²) in [6.07, 6.45) is 2.51. The van der Waals surface area contributed by atoms with E-state index in [-0.39, 0.29) is 12.4 Å². The van der Waals surface area contributed by atoms with Gasteiger partial charge in [0, 0.05) is 11.6 Å². The molecule has 1 aromatic carbocycles. The Kier molecular flexibility index (Phi) is 6.99. The molecule has 0 saturated heterocycles. The molecule has 0 fully saturated rings. The number of ether oxygens (including phenoxy) is 5. The van der Waals surface area contributed by atoms with Crippen molar-refractivity contribution in [2.75, 3.05) is 27.4 Å². The molecule has 2 aromatic rings. The molecule has 1 aliphatic carbocycles. The van der Waals surface area contributed by atoms with E-state index in [9.17, 15) is 9.59 Å². The van der Waals surface area contributed by atoms with Crippen molar-refractivity contribution in [1.29, 1.82) is 0 Å². The average Bonchev–Trinajstić information content (AvgIpc) is 3.12. The van der Waals surface area contributed by atoms with E-state index in [1.165, 1.54) is 13.4 Å². The molecular weight excluding hydrogens is 408 g/mol. The summed E-state index contributed by atoms with van der Waals surface area (Å²) in [4.78, 5) is 26.0. The van der Waals surface area contributed by atoms with Gasteiger partial charge in [-0.3, -0.25) is 4.79 Å². The smallest absolute Gasteiger partial charge is 0.348 e. The number of carbonyl (C=O) groups is 2. The van der Waals surface area contributed by atoms with Crippen LogP contribution in [0.2, 0.25) is 0 Å². The van der Waals surface area contributed by atoms with Crippen LogP contribution in [-0.2, 0) is 15.9 Å². The highest BCUT2D eigenvalue weighted by molar-refractivity contribution is 7.16. The van der Waals surface area contributed by atoms with Crippen LogP contribution >= 0.6 is 11.3 Å². The molecule has 1 heterocycles. The van der Waals surface area contributed by atoms with Gasteiger partial charge in [0.2, 0.25) is 0 Å². The van der Waals surface area contributed by atoms with Gasteiger partial charge in [-0.25, -0.2) is 4.79 Å². The molecule has 0 aliphatic heterocycles. The number of thiophene rings is 1. The van der Waals surface area contributed by atoms with E-state index in [0.29, 0.717) is 63.3 Å². The molecule has 8 heteroatoms. The molecule has 1 aromatic heterocycles. The number of carbonyl (C=O) groups excluding carboxylic acids is 2. The maximum Gasteiger partial charge on any atom is 0.348 e. The molecule has 7 nitrogen and oxygen atoms in total. The maximum absolute atomic E-state index is 13.1. The van der Waals surface area contributed by atoms with Crippen LogP contribution in [0, 0.1) is 0 Å². The van der Waals surface area contributed by atoms with E-state index < -0.39 is 5.97 Å². The standard InChI is InChI=1S/C22H24O7S/c1-5-27-12-13-7-9-15-18(19(13)23)22(30-20(15)21(24)28-6-2)29-14-8-10-16(25-3)17(11-14)26-4/h8,10-12H,5-7,9H2,1-4H3/b13-12+. The van der Waals surface area contributed by atoms with Gasteiger partial charge in [0.1, 0.15) is 10.6 Å². The second kappa shape index (κ2) is 9.67. The van der Waals surface area contributed by atoms with Crippen molar-refractivity contribution in [3.8, 4) is 22.3 Å². The number of esters is 1. The summed E-state index contributed by atoms with van der Waals surface area (Å²) in [7, 11) is 3.08. The summed E-state index contributed by atoms with van der Waals surface area (Å²) in [5.74, 6) is 0.858. The second-order valence-corrected chi connectivity index (χ2v) is 7.32. The van der Waals surface area contributed by atoms with Crippen LogP contribution in [0.4, 0.5) is 0 Å². The van der Waals surface area contributed by atoms with Gasteiger partial charge in [-0.15, -0.1) is 0 Å². The molecule has 0 saturated carbocycles. The molecule has 0 bridgehead atoms. The lowest BCUT2D eigenvalue weighted by atomic mass is 9.88. The summed E-state index contributed by atoms with van der Waals surface area (Å²) in [5.41, 5.74) is 1.59. The zero-order valence-electron chi connectivity index (χ0n) is 17.4. The van der Waals surface area contributed by atoms with Crippen LogP contribution in [0.3, 0.4) is 0 Å². The van der Waals surface area contributed by atoms with Crippen LogP contribution in [0.15, 0.2) is 30.0 Å². The molecule has 0 amide bonds. The fourth-order valence-corrected chi connectivity index (χ4v) is 4.27. The van der Waals surface area contributed by atoms with E-state index in [2.05, 4.69) is 0 Å². The van der Waals surface area contributed by atoms with E-state index in [0.717, 1.165) is 11.3 Å². The first-order valence-electron chi connectivity index (χ1n) is 9.61. The number of fused-ring (bicyclic) bond motifs is 1. The van der Waals surface area contributed by atoms with Crippen molar-refractivity contribution < 1.29 is 33.3 Å². The van der Waals surface area contributed by atoms with Gasteiger partial charge in [-0.1, -0.05) is 11.3 Å². The topological polar surface area (TPSA) is 80.3 Å². The Morgan fingerprint density at radius 3 is 2.53 bits per heavy atom. The Morgan fingerprint density at radius 2 is 1.87 bits per heavy atom. The highest BCUT2D eigenvalue weighted by Crippen LogP contribution is 2.44. The van der Waals surface area contributed by atoms with Crippen LogP contribution in [0.1, 0.15) is 45.9 Å². The number of Topliss-reactive ketones (excluding diaryl/α,β-unsaturated/α-hetero) is 1. The minimum atomic E-state index is -0.453. The van der Waals surface area contributed by atoms with Gasteiger partial charge in [0.15, 0.2) is 22.3 Å². The van der Waals surface area contributed by atoms with Crippen molar-refractivity contribution in [2.24, 2.45) is 0 Å². The van der Waals surface area contributed by atoms with Gasteiger partial charge in [0.05, 0.1) is 39.3 Å². The van der Waals surface area contributed by atoms with Crippen LogP contribution < -0.4 is 14.2 Å². The van der Waals surface area contributed by atoms with Crippen molar-refractivity contribution in [3.63, 3.8) is 0 Å². The fourth-order valence-electron chi connectivity index (χ4n) is 3.16. The van der Waals surface area contributed by atoms with Crippen molar-refractivity contribution in [1.82, 2.24) is 0 Å². The number of methoxy groups -OCH3 is 2. The Labute approximate surface area is 179 Å². The third kappa shape index (κ3) is 4.28. The van der Waals surface area contributed by atoms with Gasteiger partial charge >= 0.3 is 5.97 Å². The lowest BCUT2D eigenvalue weighted by molar-refractivity contribution is 0.0531. The Bertz CT molecular complexity index is 974. The predicted molar refractivity (Wildman–Crippen MR) is 112 cm³/mol. The molecule has 3 rings (SSSR count). The van der Waals surface area contributed by atoms with E-state index >= 15 is 0 Å². The minimum Gasteiger partial charge on any atom is -0.501 e. The first-order chi connectivity index (χ1) is 14.5. The second-order valence-electron chi connectivity index (χ2n) is 6.34. The van der Waals surface area contributed by atoms with Crippen LogP contribution in [0.5, 0.6) is 22.3 Å². The molecule has 0 unspecified atom stereocenters. The van der Waals surface area contributed by atoms with Crippen molar-refractivity contribution in [3.05, 3.63) is 46.0 Å². The molecule has 0 radical (unpaired) electrons. The number of benzene rings is 1. The number of ketones is 1. The van der Waals surface area contributed by atoms with Gasteiger partial charge in [-0.2, -0.15) is 0 Å². The Morgan fingerprint density at radius 1 is 1.10 bits per heavy atom. The minimum absolute atomic E-state index is 0.202. The molecule has 30 heavy (non-hydrogen) atoms. The summed E-state index contributed by atoms with van der Waals surface area (Å²) in [6, 6.07) is 5.09. The molecule has 160 valence electrons. The molecule has 0 spiro atoms. The van der Waals surface area contributed by atoms with E-state index in [4.69, 9.17) is 23.7 Å². The summed E-state index contributed by atoms with van der Waals surface area (Å²) in [5, 5.41) is 0.340. The zero-order chi connectivity index (χ0) is 21.7. The highest BCUT2D eigenvalue weighted by Gasteiger charge is 2.34. The van der Waals surface area contributed by atoms with E-state index in [1.807, 2.05) is 6.92 Å². The monoisotopic (exact) mass is 432 g/mol. The maximum atomic E-state index is 13.1. The molecule has 0 N–H and O–H groups in total. The van der Waals surface area contributed by atoms with Gasteiger partial charge in [0.25, 0.3) is 0 Å². The number of hydrogen-bond acceptors (Lipinski definition) is 8. The first-order valence-corrected chi connectivity index (χ1v) is 10.4. The molecule has 1 aliphatic rings. The summed E-state index contributed by atoms with van der Waals surface area (Å²) < 4.78 is 27.1. The average molecular weight is 432 g/mol. The number of hydrogen-bond donors (Lipinski definition) is 0. The molecular formula is C22H24O7S. The SMILES string of the molecule is CCO/C=C1\CCc2c(C(=O)OCC)sc(Oc3ccc(OC)c(OC)c3)c2C1=O. The third-order valence-corrected chi connectivity index (χ3v) is 5.65. The summed E-state index contributed by atoms with van der Waals surface area (Å²) in [6.45, 7) is 4.31. The van der Waals surface area contributed by atoms with Crippen LogP contribution in [-0.4, -0.2) is 39.2 Å². The van der Waals surface area contributed by atoms with Crippen molar-refractivity contribution in [2.45, 2.75) is 26.7 Å². The lowest BCUT2D eigenvalue weighted by Crippen LogP contribution is -2.16. The normalized spacial score (nSPS) is 14.3. The fraction of sp³-hybridized carbons (Fsp3) is 0.364. The highest BCUT2D eigenvalue weighted by atomic mass is 32.1. The van der Waals surface area contributed by atoms with Crippen molar-refractivity contribution >= 4 is 23.1 Å². The number of allylic oxidation sites excluding steroid dienone is 1. The molecule has 0 atom stereocenters. The zero-order valence-corrected chi connectivity index (χ0v) is 18.2. The van der Waals surface area contributed by atoms with Crippen LogP contribution in [0.25, 0.3) is 0 Å². The lowest BCUT2D eigenvalue weighted by Gasteiger charge is -2.16. The van der Waals surface area contributed by atoms with Gasteiger partial charge < -0.3 is 23.7 Å². The predicted octanol–water partition coefficient (Wildman–Crippen LogP) is 4.78. The first kappa shape index (κ1) is 21.7. The Balaban J connectivity index is 2.04. The Hall–Kier alpha value is -3.00. The van der Waals surface area contributed by atoms with E-state index in [1.54, 1.807) is 32.2 Å². The largest absolute Gasteiger partial charge is 0.501 e. The quantitative estimate of drug-likeness (QED) is 0.337. The number of rotatable bonds is 8. The summed E-state index contributed by atoms with van der Waals surface area (Å²) >= 11 is 1.11. The van der Waals surface area contributed by atoms with Gasteiger partial charge in [-0.05, 0) is 44.4 Å².